The van der Waals surface area contributed by atoms with Crippen molar-refractivity contribution in [2.75, 3.05) is 5.75 Å². The summed E-state index contributed by atoms with van der Waals surface area (Å²) in [6.45, 7) is 6.20. The molecular weight excluding hydrogens is 194 g/mol. The van der Waals surface area contributed by atoms with Crippen molar-refractivity contribution in [2.45, 2.75) is 25.7 Å². The fraction of sp³-hybridized carbons (Fsp3) is 1.00. The number of azide groups is 1. The zero-order valence-corrected chi connectivity index (χ0v) is 9.30. The number of hydrogen-bond donors (Lipinski definition) is 0. The number of hydrogen-bond acceptors (Lipinski definition) is 2. The normalized spacial score (nSPS) is 12.2. The molecular formula is C5H13N3O2SSi. The van der Waals surface area contributed by atoms with Gasteiger partial charge >= 0.3 is 0 Å². The molecule has 0 rings (SSSR count). The molecule has 0 aliphatic carbocycles. The Kier molecular flexibility index (Phi) is 3.76. The first-order valence-electron chi connectivity index (χ1n) is 3.56. The summed E-state index contributed by atoms with van der Waals surface area (Å²) in [6, 6.07) is 0.633. The highest BCUT2D eigenvalue weighted by molar-refractivity contribution is 7.90. The van der Waals surface area contributed by atoms with E-state index in [1.54, 1.807) is 0 Å². The van der Waals surface area contributed by atoms with Crippen molar-refractivity contribution in [2.24, 2.45) is 4.52 Å². The van der Waals surface area contributed by atoms with E-state index in [0.717, 1.165) is 0 Å². The Labute approximate surface area is 73.5 Å². The van der Waals surface area contributed by atoms with Gasteiger partial charge in [-0.15, -0.1) is 0 Å². The standard InChI is InChI=1S/C5H13N3O2SSi/c1-12(2,3)5-4-11(9,10)8-7-6/h4-5H2,1-3H3. The molecule has 0 atom stereocenters. The summed E-state index contributed by atoms with van der Waals surface area (Å²) in [5, 5.41) is 0. The Balaban J connectivity index is 4.21. The van der Waals surface area contributed by atoms with Gasteiger partial charge in [0.2, 0.25) is 10.0 Å². The molecule has 0 aliphatic rings. The first-order valence-corrected chi connectivity index (χ1v) is 8.87. The van der Waals surface area contributed by atoms with E-state index in [-0.39, 0.29) is 5.75 Å². The van der Waals surface area contributed by atoms with Gasteiger partial charge in [0.25, 0.3) is 0 Å². The van der Waals surface area contributed by atoms with Gasteiger partial charge in [0.1, 0.15) is 0 Å². The van der Waals surface area contributed by atoms with Crippen LogP contribution < -0.4 is 0 Å². The molecule has 0 saturated heterocycles. The lowest BCUT2D eigenvalue weighted by molar-refractivity contribution is 0.598. The van der Waals surface area contributed by atoms with Gasteiger partial charge in [-0.2, -0.15) is 0 Å². The molecule has 12 heavy (non-hydrogen) atoms. The summed E-state index contributed by atoms with van der Waals surface area (Å²) in [7, 11) is -4.88. The van der Waals surface area contributed by atoms with Crippen LogP contribution in [0.2, 0.25) is 25.7 Å². The van der Waals surface area contributed by atoms with Crippen LogP contribution in [0.1, 0.15) is 0 Å². The third-order valence-corrected chi connectivity index (χ3v) is 4.43. The van der Waals surface area contributed by atoms with E-state index >= 15 is 0 Å². The topological polar surface area (TPSA) is 82.9 Å². The molecule has 0 aromatic rings. The van der Waals surface area contributed by atoms with Gasteiger partial charge < -0.3 is 0 Å². The lowest BCUT2D eigenvalue weighted by atomic mass is 11.0. The minimum absolute atomic E-state index is 0.0210. The van der Waals surface area contributed by atoms with Crippen LogP contribution in [-0.4, -0.2) is 22.2 Å². The van der Waals surface area contributed by atoms with Gasteiger partial charge in [0.15, 0.2) is 0 Å². The summed E-state index contributed by atoms with van der Waals surface area (Å²) >= 11 is 0. The molecule has 0 unspecified atom stereocenters. The van der Waals surface area contributed by atoms with Crippen molar-refractivity contribution in [1.82, 2.24) is 0 Å². The molecule has 5 nitrogen and oxygen atoms in total. The lowest BCUT2D eigenvalue weighted by Gasteiger charge is -2.13. The quantitative estimate of drug-likeness (QED) is 0.305. The van der Waals surface area contributed by atoms with Crippen LogP contribution in [0, 0.1) is 0 Å². The van der Waals surface area contributed by atoms with E-state index < -0.39 is 18.1 Å². The van der Waals surface area contributed by atoms with Crippen LogP contribution in [0.25, 0.3) is 10.4 Å². The summed E-state index contributed by atoms with van der Waals surface area (Å²) in [5.41, 5.74) is 7.92. The zero-order valence-electron chi connectivity index (χ0n) is 7.48. The van der Waals surface area contributed by atoms with Gasteiger partial charge in [0.05, 0.1) is 5.75 Å². The first-order chi connectivity index (χ1) is 5.27. The van der Waals surface area contributed by atoms with E-state index in [1.165, 1.54) is 0 Å². The van der Waals surface area contributed by atoms with Crippen molar-refractivity contribution in [1.29, 1.82) is 0 Å². The molecule has 0 bridgehead atoms. The third kappa shape index (κ3) is 6.20. The summed E-state index contributed by atoms with van der Waals surface area (Å²) in [6.07, 6.45) is 0. The van der Waals surface area contributed by atoms with Gasteiger partial charge in [-0.05, 0) is 11.6 Å². The average molecular weight is 207 g/mol. The Morgan fingerprint density at radius 1 is 1.42 bits per heavy atom. The first kappa shape index (κ1) is 11.5. The second-order valence-electron chi connectivity index (χ2n) is 3.77. The second-order valence-corrected chi connectivity index (χ2v) is 11.1. The molecule has 0 aromatic heterocycles. The molecule has 0 amide bonds. The van der Waals surface area contributed by atoms with E-state index in [1.807, 2.05) is 0 Å². The monoisotopic (exact) mass is 207 g/mol. The van der Waals surface area contributed by atoms with Crippen LogP contribution >= 0.6 is 0 Å². The average Bonchev–Trinajstić information content (AvgIpc) is 1.83. The van der Waals surface area contributed by atoms with Crippen molar-refractivity contribution < 1.29 is 8.42 Å². The predicted molar refractivity (Wildman–Crippen MR) is 51.1 cm³/mol. The number of rotatable bonds is 4. The molecule has 0 spiro atoms. The molecule has 0 saturated carbocycles. The zero-order chi connectivity index (χ0) is 9.83. The van der Waals surface area contributed by atoms with E-state index in [9.17, 15) is 8.42 Å². The Morgan fingerprint density at radius 2 is 1.92 bits per heavy atom. The summed E-state index contributed by atoms with van der Waals surface area (Å²) in [5.74, 6) is -0.0210. The Hall–Kier alpha value is -0.523. The molecule has 0 heterocycles. The highest BCUT2D eigenvalue weighted by Gasteiger charge is 2.17. The van der Waals surface area contributed by atoms with Gasteiger partial charge in [-0.1, -0.05) is 19.6 Å². The maximum atomic E-state index is 10.9. The van der Waals surface area contributed by atoms with Crippen LogP contribution in [-0.2, 0) is 10.0 Å². The minimum Gasteiger partial charge on any atom is -0.221 e. The van der Waals surface area contributed by atoms with E-state index in [2.05, 4.69) is 29.1 Å². The highest BCUT2D eigenvalue weighted by Crippen LogP contribution is 2.10. The van der Waals surface area contributed by atoms with Crippen LogP contribution in [0.5, 0.6) is 0 Å². The largest absolute Gasteiger partial charge is 0.235 e. The molecule has 0 N–H and O–H groups in total. The summed E-state index contributed by atoms with van der Waals surface area (Å²) < 4.78 is 24.5. The molecule has 70 valence electrons. The number of nitrogens with zero attached hydrogens (tertiary/aromatic N) is 3. The lowest BCUT2D eigenvalue weighted by Crippen LogP contribution is -2.23. The Morgan fingerprint density at radius 3 is 2.25 bits per heavy atom. The molecule has 0 aliphatic heterocycles. The highest BCUT2D eigenvalue weighted by atomic mass is 32.2. The molecule has 0 fully saturated rings. The van der Waals surface area contributed by atoms with Crippen molar-refractivity contribution in [3.63, 3.8) is 0 Å². The minimum atomic E-state index is -3.52. The van der Waals surface area contributed by atoms with Gasteiger partial charge in [-0.3, -0.25) is 0 Å². The smallest absolute Gasteiger partial charge is 0.221 e. The van der Waals surface area contributed by atoms with E-state index in [0.29, 0.717) is 6.04 Å². The Bertz CT molecular complexity index is 286. The fourth-order valence-electron chi connectivity index (χ4n) is 0.532. The van der Waals surface area contributed by atoms with Crippen LogP contribution in [0.3, 0.4) is 0 Å². The molecule has 7 heteroatoms. The van der Waals surface area contributed by atoms with Crippen molar-refractivity contribution in [3.8, 4) is 0 Å². The SMILES string of the molecule is C[Si](C)(C)CCS(=O)(=O)N=[N+]=[N-]. The second kappa shape index (κ2) is 3.93. The maximum absolute atomic E-state index is 10.9. The van der Waals surface area contributed by atoms with Crippen molar-refractivity contribution in [3.05, 3.63) is 10.4 Å². The van der Waals surface area contributed by atoms with E-state index in [4.69, 9.17) is 5.53 Å². The van der Waals surface area contributed by atoms with Crippen LogP contribution in [0.15, 0.2) is 4.52 Å². The van der Waals surface area contributed by atoms with Crippen LogP contribution in [0.4, 0.5) is 0 Å². The summed E-state index contributed by atoms with van der Waals surface area (Å²) in [4.78, 5) is 2.26. The molecule has 0 aromatic carbocycles. The van der Waals surface area contributed by atoms with Gasteiger partial charge in [-0.25, -0.2) is 8.42 Å². The van der Waals surface area contributed by atoms with Crippen molar-refractivity contribution >= 4 is 18.1 Å². The number of sulfonamides is 1. The predicted octanol–water partition coefficient (Wildman–Crippen LogP) is 1.96. The molecule has 0 radical (unpaired) electrons. The fourth-order valence-corrected chi connectivity index (χ4v) is 4.21. The van der Waals surface area contributed by atoms with Gasteiger partial charge in [0, 0.05) is 17.5 Å². The third-order valence-electron chi connectivity index (χ3n) is 1.27. The maximum Gasteiger partial charge on any atom is 0.235 e.